The molecular formula is C32H31N5O5. The van der Waals surface area contributed by atoms with Gasteiger partial charge in [0.15, 0.2) is 5.82 Å². The number of carbonyl (C=O) groups is 3. The summed E-state index contributed by atoms with van der Waals surface area (Å²) in [6, 6.07) is 19.0. The number of amides is 2. The van der Waals surface area contributed by atoms with Crippen LogP contribution in [0.25, 0.3) is 17.1 Å². The molecule has 4 aromatic rings. The highest BCUT2D eigenvalue weighted by atomic mass is 16.5. The van der Waals surface area contributed by atoms with Crippen LogP contribution in [0.1, 0.15) is 41.6 Å². The van der Waals surface area contributed by atoms with Crippen LogP contribution in [0.5, 0.6) is 11.5 Å². The molecule has 10 nitrogen and oxygen atoms in total. The zero-order valence-corrected chi connectivity index (χ0v) is 23.0. The van der Waals surface area contributed by atoms with Crippen LogP contribution in [0, 0.1) is 0 Å². The standard InChI is InChI=1S/C32H31N5O5/c38-29(32(40)34-23-10-11-23)28-19-21-8-12-24(13-9-21)41-17-1-2-18-42-25-6-3-5-22(20-25)27-14-16-37(36-27)30-26(31(39)35-28)7-4-15-33-30/h3-9,12-16,20,23,28H,1-2,10-11,17-19H2,(H,34,40)(H,35,39)/t28-/m0/s1. The fourth-order valence-electron chi connectivity index (χ4n) is 4.73. The summed E-state index contributed by atoms with van der Waals surface area (Å²) >= 11 is 0. The fourth-order valence-corrected chi connectivity index (χ4v) is 4.73. The highest BCUT2D eigenvalue weighted by Crippen LogP contribution is 2.24. The summed E-state index contributed by atoms with van der Waals surface area (Å²) in [6.45, 7) is 1.09. The summed E-state index contributed by atoms with van der Waals surface area (Å²) in [5.41, 5.74) is 2.53. The maximum atomic E-state index is 13.6. The van der Waals surface area contributed by atoms with Crippen LogP contribution in [-0.2, 0) is 16.0 Å². The summed E-state index contributed by atoms with van der Waals surface area (Å²) in [5, 5.41) is 10.2. The normalized spacial score (nSPS) is 17.3. The number of ether oxygens (including phenoxy) is 2. The molecule has 2 N–H and O–H groups in total. The first kappa shape index (κ1) is 27.2. The molecular weight excluding hydrogens is 534 g/mol. The molecule has 6 bridgehead atoms. The third kappa shape index (κ3) is 6.49. The Morgan fingerprint density at radius 2 is 1.71 bits per heavy atom. The Balaban J connectivity index is 1.33. The molecule has 0 spiro atoms. The summed E-state index contributed by atoms with van der Waals surface area (Å²) in [4.78, 5) is 44.0. The van der Waals surface area contributed by atoms with Gasteiger partial charge < -0.3 is 20.1 Å². The van der Waals surface area contributed by atoms with Crippen molar-refractivity contribution in [1.82, 2.24) is 25.4 Å². The van der Waals surface area contributed by atoms with E-state index in [1.807, 2.05) is 54.6 Å². The molecule has 0 saturated heterocycles. The molecule has 2 aromatic heterocycles. The van der Waals surface area contributed by atoms with Gasteiger partial charge in [0.05, 0.1) is 24.5 Å². The van der Waals surface area contributed by atoms with Crippen molar-refractivity contribution < 1.29 is 23.9 Å². The monoisotopic (exact) mass is 565 g/mol. The van der Waals surface area contributed by atoms with Crippen LogP contribution in [0.2, 0.25) is 0 Å². The molecule has 1 atom stereocenters. The molecule has 214 valence electrons. The van der Waals surface area contributed by atoms with Crippen molar-refractivity contribution in [2.24, 2.45) is 0 Å². The van der Waals surface area contributed by atoms with Crippen LogP contribution in [0.15, 0.2) is 79.1 Å². The predicted octanol–water partition coefficient (Wildman–Crippen LogP) is 3.67. The zero-order chi connectivity index (χ0) is 28.9. The lowest BCUT2D eigenvalue weighted by atomic mass is 10.0. The van der Waals surface area contributed by atoms with Crippen molar-refractivity contribution in [3.8, 4) is 28.6 Å². The number of carbonyl (C=O) groups excluding carboxylic acids is 3. The zero-order valence-electron chi connectivity index (χ0n) is 23.0. The summed E-state index contributed by atoms with van der Waals surface area (Å²) < 4.78 is 13.4. The van der Waals surface area contributed by atoms with Gasteiger partial charge in [0.25, 0.3) is 11.8 Å². The van der Waals surface area contributed by atoms with Gasteiger partial charge in [0.2, 0.25) is 5.78 Å². The minimum absolute atomic E-state index is 0.0146. The SMILES string of the molecule is O=C(NC1CC1)C(=O)[C@@H]1Cc2ccc(cc2)OCCCCOc2cccc(c2)-c2ccn(n2)-c2ncccc2C(=O)N1. The second-order valence-electron chi connectivity index (χ2n) is 10.4. The van der Waals surface area contributed by atoms with E-state index in [4.69, 9.17) is 9.47 Å². The van der Waals surface area contributed by atoms with Gasteiger partial charge in [-0.05, 0) is 73.7 Å². The average molecular weight is 566 g/mol. The second-order valence-corrected chi connectivity index (χ2v) is 10.4. The van der Waals surface area contributed by atoms with E-state index in [0.717, 1.165) is 42.6 Å². The first-order chi connectivity index (χ1) is 20.5. The number of nitrogens with one attached hydrogen (secondary N) is 2. The number of nitrogens with zero attached hydrogens (tertiary/aromatic N) is 3. The van der Waals surface area contributed by atoms with E-state index in [1.54, 1.807) is 24.5 Å². The van der Waals surface area contributed by atoms with Gasteiger partial charge in [-0.3, -0.25) is 14.4 Å². The minimum Gasteiger partial charge on any atom is -0.494 e. The van der Waals surface area contributed by atoms with Crippen molar-refractivity contribution in [1.29, 1.82) is 0 Å². The Labute approximate surface area is 243 Å². The summed E-state index contributed by atoms with van der Waals surface area (Å²) in [5.74, 6) is -0.195. The van der Waals surface area contributed by atoms with E-state index < -0.39 is 23.6 Å². The van der Waals surface area contributed by atoms with Gasteiger partial charge in [0, 0.05) is 30.4 Å². The van der Waals surface area contributed by atoms with Crippen LogP contribution in [0.3, 0.4) is 0 Å². The molecule has 42 heavy (non-hydrogen) atoms. The van der Waals surface area contributed by atoms with Crippen molar-refractivity contribution in [3.63, 3.8) is 0 Å². The topological polar surface area (TPSA) is 124 Å². The number of pyridine rings is 1. The quantitative estimate of drug-likeness (QED) is 0.363. The van der Waals surface area contributed by atoms with Crippen LogP contribution in [-0.4, -0.2) is 57.7 Å². The Morgan fingerprint density at radius 1 is 0.929 bits per heavy atom. The molecule has 2 amide bonds. The number of fused-ring (bicyclic) bond motifs is 10. The van der Waals surface area contributed by atoms with Crippen molar-refractivity contribution in [2.45, 2.75) is 44.2 Å². The number of rotatable bonds is 3. The van der Waals surface area contributed by atoms with Gasteiger partial charge in [-0.2, -0.15) is 5.10 Å². The molecule has 7 rings (SSSR count). The van der Waals surface area contributed by atoms with E-state index in [0.29, 0.717) is 30.5 Å². The molecule has 1 fully saturated rings. The lowest BCUT2D eigenvalue weighted by Crippen LogP contribution is -2.49. The maximum Gasteiger partial charge on any atom is 0.289 e. The number of Topliss-reactive ketones (excluding diaryl/α,β-unsaturated/α-hetero) is 1. The fraction of sp³-hybridized carbons (Fsp3) is 0.281. The molecule has 1 saturated carbocycles. The highest BCUT2D eigenvalue weighted by molar-refractivity contribution is 6.38. The van der Waals surface area contributed by atoms with E-state index in [1.165, 1.54) is 4.68 Å². The van der Waals surface area contributed by atoms with Gasteiger partial charge in [-0.15, -0.1) is 0 Å². The highest BCUT2D eigenvalue weighted by Gasteiger charge is 2.32. The molecule has 3 aliphatic rings. The Hall–Kier alpha value is -4.99. The molecule has 2 aliphatic heterocycles. The Bertz CT molecular complexity index is 1590. The summed E-state index contributed by atoms with van der Waals surface area (Å²) in [7, 11) is 0. The number of ketones is 1. The van der Waals surface area contributed by atoms with Gasteiger partial charge in [-0.25, -0.2) is 9.67 Å². The first-order valence-corrected chi connectivity index (χ1v) is 14.1. The van der Waals surface area contributed by atoms with Gasteiger partial charge in [0.1, 0.15) is 17.5 Å². The number of hydrogen-bond acceptors (Lipinski definition) is 7. The molecule has 1 aliphatic carbocycles. The second kappa shape index (κ2) is 12.3. The van der Waals surface area contributed by atoms with E-state index in [2.05, 4.69) is 20.7 Å². The van der Waals surface area contributed by atoms with E-state index >= 15 is 0 Å². The van der Waals surface area contributed by atoms with Crippen molar-refractivity contribution in [3.05, 3.63) is 90.3 Å². The van der Waals surface area contributed by atoms with Crippen molar-refractivity contribution >= 4 is 17.6 Å². The minimum atomic E-state index is -1.08. The van der Waals surface area contributed by atoms with E-state index in [9.17, 15) is 14.4 Å². The summed E-state index contributed by atoms with van der Waals surface area (Å²) in [6.07, 6.45) is 6.77. The first-order valence-electron chi connectivity index (χ1n) is 14.1. The largest absolute Gasteiger partial charge is 0.494 e. The van der Waals surface area contributed by atoms with Gasteiger partial charge in [-0.1, -0.05) is 24.3 Å². The molecule has 4 heterocycles. The van der Waals surface area contributed by atoms with Crippen LogP contribution in [0.4, 0.5) is 0 Å². The molecule has 2 aromatic carbocycles. The smallest absolute Gasteiger partial charge is 0.289 e. The van der Waals surface area contributed by atoms with Crippen LogP contribution >= 0.6 is 0 Å². The average Bonchev–Trinajstić information content (AvgIpc) is 3.69. The Morgan fingerprint density at radius 3 is 2.50 bits per heavy atom. The molecule has 10 heteroatoms. The van der Waals surface area contributed by atoms with E-state index in [-0.39, 0.29) is 18.0 Å². The molecule has 0 unspecified atom stereocenters. The third-order valence-electron chi connectivity index (χ3n) is 7.16. The number of hydrogen-bond donors (Lipinski definition) is 2. The van der Waals surface area contributed by atoms with Gasteiger partial charge >= 0.3 is 0 Å². The molecule has 0 radical (unpaired) electrons. The number of aromatic nitrogens is 3. The van der Waals surface area contributed by atoms with Crippen molar-refractivity contribution in [2.75, 3.05) is 13.2 Å². The predicted molar refractivity (Wildman–Crippen MR) is 155 cm³/mol. The third-order valence-corrected chi connectivity index (χ3v) is 7.16. The lowest BCUT2D eigenvalue weighted by Gasteiger charge is -2.19. The lowest BCUT2D eigenvalue weighted by molar-refractivity contribution is -0.139. The maximum absolute atomic E-state index is 13.6. The number of benzene rings is 2. The van der Waals surface area contributed by atoms with Crippen LogP contribution < -0.4 is 20.1 Å². The Kier molecular flexibility index (Phi) is 7.94.